The van der Waals surface area contributed by atoms with Gasteiger partial charge < -0.3 is 5.11 Å². The Morgan fingerprint density at radius 3 is 2.57 bits per heavy atom. The molecule has 1 atom stereocenters. The number of Topliss-reactive ketones (excluding diaryl/α,β-unsaturated/α-hetero) is 1. The van der Waals surface area contributed by atoms with Gasteiger partial charge in [-0.15, -0.1) is 0 Å². The van der Waals surface area contributed by atoms with Crippen molar-refractivity contribution in [3.05, 3.63) is 0 Å². The second-order valence-corrected chi connectivity index (χ2v) is 3.31. The molecular weight excluding hydrogens is 182 g/mol. The summed E-state index contributed by atoms with van der Waals surface area (Å²) in [5.41, 5.74) is 0. The Bertz CT molecular complexity index is 242. The highest BCUT2D eigenvalue weighted by molar-refractivity contribution is 5.81. The lowest BCUT2D eigenvalue weighted by Crippen LogP contribution is -2.11. The molecule has 1 N–H and O–H groups in total. The van der Waals surface area contributed by atoms with Gasteiger partial charge >= 0.3 is 5.97 Å². The molecule has 0 saturated carbocycles. The largest absolute Gasteiger partial charge is 0.481 e. The predicted molar refractivity (Wildman–Crippen MR) is 50.5 cm³/mol. The van der Waals surface area contributed by atoms with E-state index in [0.717, 1.165) is 0 Å². The first-order valence-electron chi connectivity index (χ1n) is 4.69. The van der Waals surface area contributed by atoms with Gasteiger partial charge in [-0.25, -0.2) is 0 Å². The Kier molecular flexibility index (Phi) is 6.38. The van der Waals surface area contributed by atoms with Crippen molar-refractivity contribution >= 4 is 11.8 Å². The van der Waals surface area contributed by atoms with E-state index in [9.17, 15) is 9.59 Å². The van der Waals surface area contributed by atoms with Gasteiger partial charge in [-0.05, 0) is 12.8 Å². The van der Waals surface area contributed by atoms with Crippen molar-refractivity contribution in [3.8, 4) is 6.07 Å². The quantitative estimate of drug-likeness (QED) is 0.674. The highest BCUT2D eigenvalue weighted by Crippen LogP contribution is 2.10. The molecule has 78 valence electrons. The van der Waals surface area contributed by atoms with Crippen molar-refractivity contribution < 1.29 is 14.7 Å². The lowest BCUT2D eigenvalue weighted by Gasteiger charge is -2.06. The zero-order valence-corrected chi connectivity index (χ0v) is 8.32. The van der Waals surface area contributed by atoms with Crippen molar-refractivity contribution in [1.82, 2.24) is 0 Å². The molecule has 0 rings (SSSR count). The zero-order chi connectivity index (χ0) is 11.0. The van der Waals surface area contributed by atoms with Crippen molar-refractivity contribution in [3.63, 3.8) is 0 Å². The van der Waals surface area contributed by atoms with E-state index in [4.69, 9.17) is 10.4 Å². The first kappa shape index (κ1) is 12.6. The van der Waals surface area contributed by atoms with Crippen LogP contribution in [0.5, 0.6) is 0 Å². The summed E-state index contributed by atoms with van der Waals surface area (Å²) in [6.07, 6.45) is 1.69. The fraction of sp³-hybridized carbons (Fsp3) is 0.700. The first-order chi connectivity index (χ1) is 6.57. The van der Waals surface area contributed by atoms with Gasteiger partial charge in [0.2, 0.25) is 0 Å². The van der Waals surface area contributed by atoms with Gasteiger partial charge in [-0.2, -0.15) is 5.26 Å². The van der Waals surface area contributed by atoms with Crippen molar-refractivity contribution in [1.29, 1.82) is 5.26 Å². The van der Waals surface area contributed by atoms with Crippen LogP contribution in [0.4, 0.5) is 0 Å². The Morgan fingerprint density at radius 1 is 1.43 bits per heavy atom. The molecule has 14 heavy (non-hydrogen) atoms. The molecule has 0 spiro atoms. The maximum Gasteiger partial charge on any atom is 0.303 e. The number of carboxylic acid groups (broad SMARTS) is 1. The molecule has 0 aliphatic carbocycles. The summed E-state index contributed by atoms with van der Waals surface area (Å²) in [6.45, 7) is 1.78. The van der Waals surface area contributed by atoms with E-state index >= 15 is 0 Å². The lowest BCUT2D eigenvalue weighted by atomic mass is 9.97. The topological polar surface area (TPSA) is 78.2 Å². The van der Waals surface area contributed by atoms with Crippen LogP contribution < -0.4 is 0 Å². The number of aliphatic carboxylic acids is 1. The maximum atomic E-state index is 11.3. The maximum absolute atomic E-state index is 11.3. The van der Waals surface area contributed by atoms with E-state index in [1.54, 1.807) is 6.92 Å². The molecule has 4 heteroatoms. The normalized spacial score (nSPS) is 11.7. The van der Waals surface area contributed by atoms with Crippen LogP contribution in [0.15, 0.2) is 0 Å². The molecule has 0 radical (unpaired) electrons. The van der Waals surface area contributed by atoms with Crippen molar-refractivity contribution in [2.24, 2.45) is 5.92 Å². The summed E-state index contributed by atoms with van der Waals surface area (Å²) in [5, 5.41) is 16.7. The second-order valence-electron chi connectivity index (χ2n) is 3.31. The van der Waals surface area contributed by atoms with E-state index in [0.29, 0.717) is 25.7 Å². The Morgan fingerprint density at radius 2 is 2.07 bits per heavy atom. The monoisotopic (exact) mass is 197 g/mol. The van der Waals surface area contributed by atoms with E-state index in [-0.39, 0.29) is 18.1 Å². The molecule has 0 aliphatic rings. The third kappa shape index (κ3) is 6.18. The molecule has 0 saturated heterocycles. The van der Waals surface area contributed by atoms with Crippen LogP contribution in [0, 0.1) is 17.2 Å². The Balaban J connectivity index is 3.63. The number of rotatable bonds is 7. The van der Waals surface area contributed by atoms with Gasteiger partial charge in [0.15, 0.2) is 0 Å². The number of ketones is 1. The van der Waals surface area contributed by atoms with Gasteiger partial charge in [-0.1, -0.05) is 6.92 Å². The van der Waals surface area contributed by atoms with Crippen LogP contribution in [0.2, 0.25) is 0 Å². The van der Waals surface area contributed by atoms with Crippen LogP contribution >= 0.6 is 0 Å². The third-order valence-electron chi connectivity index (χ3n) is 2.05. The number of carboxylic acids is 1. The molecule has 0 aromatic carbocycles. The van der Waals surface area contributed by atoms with Crippen molar-refractivity contribution in [2.45, 2.75) is 39.0 Å². The molecule has 0 bridgehead atoms. The summed E-state index contributed by atoms with van der Waals surface area (Å²) in [5.74, 6) is -0.938. The van der Waals surface area contributed by atoms with Crippen LogP contribution in [0.1, 0.15) is 39.0 Å². The minimum absolute atomic E-state index is 0.0384. The molecule has 0 fully saturated rings. The second kappa shape index (κ2) is 7.07. The summed E-state index contributed by atoms with van der Waals surface area (Å²) >= 11 is 0. The summed E-state index contributed by atoms with van der Waals surface area (Å²) in [7, 11) is 0. The van der Waals surface area contributed by atoms with Gasteiger partial charge in [0.1, 0.15) is 5.78 Å². The number of hydrogen-bond donors (Lipinski definition) is 1. The first-order valence-corrected chi connectivity index (χ1v) is 4.69. The third-order valence-corrected chi connectivity index (χ3v) is 2.05. The number of nitriles is 1. The van der Waals surface area contributed by atoms with Gasteiger partial charge in [-0.3, -0.25) is 9.59 Å². The molecule has 0 aromatic heterocycles. The lowest BCUT2D eigenvalue weighted by molar-refractivity contribution is -0.137. The highest BCUT2D eigenvalue weighted by atomic mass is 16.4. The molecule has 0 amide bonds. The van der Waals surface area contributed by atoms with Gasteiger partial charge in [0.25, 0.3) is 0 Å². The standard InChI is InChI=1S/C10H15NO3/c1-8(4-3-7-11)9(12)5-2-6-10(13)14/h8H,2-6H2,1H3,(H,13,14). The van der Waals surface area contributed by atoms with Gasteiger partial charge in [0, 0.05) is 25.2 Å². The van der Waals surface area contributed by atoms with Crippen LogP contribution in [-0.2, 0) is 9.59 Å². The molecule has 4 nitrogen and oxygen atoms in total. The number of hydrogen-bond acceptors (Lipinski definition) is 3. The number of carbonyl (C=O) groups is 2. The average molecular weight is 197 g/mol. The Labute approximate surface area is 83.5 Å². The predicted octanol–water partition coefficient (Wildman–Crippen LogP) is 1.75. The molecule has 0 aromatic rings. The number of carbonyl (C=O) groups excluding carboxylic acids is 1. The molecule has 0 aliphatic heterocycles. The SMILES string of the molecule is CC(CCC#N)C(=O)CCCC(=O)O. The van der Waals surface area contributed by atoms with Gasteiger partial charge in [0.05, 0.1) is 6.07 Å². The average Bonchev–Trinajstić information content (AvgIpc) is 2.13. The minimum atomic E-state index is -0.873. The zero-order valence-electron chi connectivity index (χ0n) is 8.32. The summed E-state index contributed by atoms with van der Waals surface area (Å²) in [6, 6.07) is 1.98. The van der Waals surface area contributed by atoms with E-state index in [2.05, 4.69) is 0 Å². The van der Waals surface area contributed by atoms with Crippen LogP contribution in [0.3, 0.4) is 0 Å². The molecule has 0 heterocycles. The molecule has 1 unspecified atom stereocenters. The van der Waals surface area contributed by atoms with E-state index in [1.165, 1.54) is 0 Å². The smallest absolute Gasteiger partial charge is 0.303 e. The van der Waals surface area contributed by atoms with Crippen molar-refractivity contribution in [2.75, 3.05) is 0 Å². The Hall–Kier alpha value is -1.37. The number of nitrogens with zero attached hydrogens (tertiary/aromatic N) is 1. The van der Waals surface area contributed by atoms with Crippen LogP contribution in [-0.4, -0.2) is 16.9 Å². The van der Waals surface area contributed by atoms with E-state index in [1.807, 2.05) is 6.07 Å². The fourth-order valence-electron chi connectivity index (χ4n) is 1.10. The highest BCUT2D eigenvalue weighted by Gasteiger charge is 2.12. The molecular formula is C10H15NO3. The summed E-state index contributed by atoms with van der Waals surface area (Å²) in [4.78, 5) is 21.5. The van der Waals surface area contributed by atoms with Crippen LogP contribution in [0.25, 0.3) is 0 Å². The minimum Gasteiger partial charge on any atom is -0.481 e. The fourth-order valence-corrected chi connectivity index (χ4v) is 1.10. The summed E-state index contributed by atoms with van der Waals surface area (Å²) < 4.78 is 0. The van der Waals surface area contributed by atoms with E-state index < -0.39 is 5.97 Å².